The van der Waals surface area contributed by atoms with Gasteiger partial charge in [-0.05, 0) is 17.9 Å². The Hall–Kier alpha value is -0.666. The summed E-state index contributed by atoms with van der Waals surface area (Å²) in [6.45, 7) is 9.07. The van der Waals surface area contributed by atoms with Crippen molar-refractivity contribution >= 4 is 31.2 Å². The van der Waals surface area contributed by atoms with Gasteiger partial charge in [-0.1, -0.05) is 20.8 Å². The third kappa shape index (κ3) is 11.6. The van der Waals surface area contributed by atoms with E-state index in [2.05, 4.69) is 20.8 Å². The third-order valence-corrected chi connectivity index (χ3v) is 5.85. The molecule has 0 aliphatic carbocycles. The Kier molecular flexibility index (Phi) is 7.32. The molecule has 0 spiro atoms. The van der Waals surface area contributed by atoms with Gasteiger partial charge in [-0.25, -0.2) is 0 Å². The Bertz CT molecular complexity index is 262. The molecular formula is C10H22O5Si2. The fourth-order valence-electron chi connectivity index (χ4n) is 1.11. The van der Waals surface area contributed by atoms with E-state index in [0.717, 1.165) is 12.5 Å². The van der Waals surface area contributed by atoms with Crippen LogP contribution < -0.4 is 0 Å². The SMILES string of the molecule is CC(=O)O[SiH2]O[SiH](CCC(C)(C)C)OC(C)=O. The van der Waals surface area contributed by atoms with Crippen molar-refractivity contribution < 1.29 is 22.6 Å². The van der Waals surface area contributed by atoms with Gasteiger partial charge >= 0.3 is 19.3 Å². The third-order valence-electron chi connectivity index (χ3n) is 1.94. The number of carbonyl (C=O) groups excluding carboxylic acids is 2. The summed E-state index contributed by atoms with van der Waals surface area (Å²) < 4.78 is 15.4. The molecular weight excluding hydrogens is 256 g/mol. The molecule has 0 aliphatic rings. The Morgan fingerprint density at radius 3 is 2.18 bits per heavy atom. The molecule has 0 N–H and O–H groups in total. The lowest BCUT2D eigenvalue weighted by molar-refractivity contribution is -0.133. The first-order chi connectivity index (χ1) is 7.70. The van der Waals surface area contributed by atoms with Gasteiger partial charge in [0.2, 0.25) is 0 Å². The van der Waals surface area contributed by atoms with Gasteiger partial charge in [0.05, 0.1) is 0 Å². The lowest BCUT2D eigenvalue weighted by atomic mass is 9.94. The van der Waals surface area contributed by atoms with E-state index >= 15 is 0 Å². The molecule has 0 rings (SSSR count). The van der Waals surface area contributed by atoms with Crippen LogP contribution >= 0.6 is 0 Å². The first-order valence-corrected chi connectivity index (χ1v) is 8.54. The van der Waals surface area contributed by atoms with Crippen molar-refractivity contribution in [2.75, 3.05) is 0 Å². The molecule has 0 amide bonds. The second-order valence-electron chi connectivity index (χ2n) is 5.06. The standard InChI is InChI=1S/C10H22O5Si2/c1-8(11)13-16-15-17(14-9(2)12)7-6-10(3,4)5/h17H,6-7,16H2,1-5H3. The van der Waals surface area contributed by atoms with E-state index in [-0.39, 0.29) is 17.4 Å². The summed E-state index contributed by atoms with van der Waals surface area (Å²) >= 11 is 0. The molecule has 0 fully saturated rings. The minimum absolute atomic E-state index is 0.178. The van der Waals surface area contributed by atoms with Crippen LogP contribution in [0, 0.1) is 5.41 Å². The summed E-state index contributed by atoms with van der Waals surface area (Å²) in [7, 11) is -3.37. The van der Waals surface area contributed by atoms with E-state index in [9.17, 15) is 9.59 Å². The van der Waals surface area contributed by atoms with Crippen molar-refractivity contribution in [3.8, 4) is 0 Å². The summed E-state index contributed by atoms with van der Waals surface area (Å²) in [5.74, 6) is -0.671. The highest BCUT2D eigenvalue weighted by molar-refractivity contribution is 6.53. The van der Waals surface area contributed by atoms with E-state index in [1.54, 1.807) is 0 Å². The van der Waals surface area contributed by atoms with E-state index in [1.165, 1.54) is 13.8 Å². The van der Waals surface area contributed by atoms with Crippen LogP contribution in [-0.2, 0) is 22.6 Å². The predicted molar refractivity (Wildman–Crippen MR) is 69.2 cm³/mol. The van der Waals surface area contributed by atoms with Crippen molar-refractivity contribution in [3.63, 3.8) is 0 Å². The van der Waals surface area contributed by atoms with Crippen LogP contribution in [0.3, 0.4) is 0 Å². The van der Waals surface area contributed by atoms with Gasteiger partial charge in [0.1, 0.15) is 0 Å². The van der Waals surface area contributed by atoms with E-state index < -0.39 is 19.3 Å². The van der Waals surface area contributed by atoms with Gasteiger partial charge in [-0.15, -0.1) is 0 Å². The van der Waals surface area contributed by atoms with E-state index in [0.29, 0.717) is 0 Å². The summed E-state index contributed by atoms with van der Waals surface area (Å²) in [6.07, 6.45) is 0.922. The van der Waals surface area contributed by atoms with Crippen molar-refractivity contribution in [1.29, 1.82) is 0 Å². The maximum atomic E-state index is 10.9. The first kappa shape index (κ1) is 16.3. The molecule has 1 atom stereocenters. The highest BCUT2D eigenvalue weighted by atomic mass is 28.4. The number of hydrogen-bond acceptors (Lipinski definition) is 5. The number of hydrogen-bond donors (Lipinski definition) is 0. The second-order valence-corrected chi connectivity index (χ2v) is 8.59. The first-order valence-electron chi connectivity index (χ1n) is 5.63. The van der Waals surface area contributed by atoms with Crippen LogP contribution in [0.5, 0.6) is 0 Å². The average Bonchev–Trinajstić information content (AvgIpc) is 2.11. The van der Waals surface area contributed by atoms with Crippen molar-refractivity contribution in [2.24, 2.45) is 5.41 Å². The van der Waals surface area contributed by atoms with Crippen molar-refractivity contribution in [3.05, 3.63) is 0 Å². The number of rotatable bonds is 6. The predicted octanol–water partition coefficient (Wildman–Crippen LogP) is 0.785. The van der Waals surface area contributed by atoms with Gasteiger partial charge in [-0.3, -0.25) is 9.59 Å². The monoisotopic (exact) mass is 278 g/mol. The molecule has 0 aromatic rings. The molecule has 0 radical (unpaired) electrons. The molecule has 0 saturated carbocycles. The maximum absolute atomic E-state index is 10.9. The van der Waals surface area contributed by atoms with Gasteiger partial charge in [0.15, 0.2) is 0 Å². The lowest BCUT2D eigenvalue weighted by Crippen LogP contribution is -2.29. The summed E-state index contributed by atoms with van der Waals surface area (Å²) in [4.78, 5) is 21.5. The topological polar surface area (TPSA) is 61.8 Å². The molecule has 5 nitrogen and oxygen atoms in total. The van der Waals surface area contributed by atoms with Crippen LogP contribution in [0.1, 0.15) is 41.0 Å². The van der Waals surface area contributed by atoms with E-state index in [1.807, 2.05) is 0 Å². The number of carbonyl (C=O) groups is 2. The molecule has 0 aromatic carbocycles. The zero-order valence-corrected chi connectivity index (χ0v) is 13.8. The Morgan fingerprint density at radius 1 is 1.18 bits per heavy atom. The summed E-state index contributed by atoms with van der Waals surface area (Å²) in [6, 6.07) is 0.747. The molecule has 17 heavy (non-hydrogen) atoms. The highest BCUT2D eigenvalue weighted by Crippen LogP contribution is 2.22. The second kappa shape index (κ2) is 7.62. The zero-order chi connectivity index (χ0) is 13.5. The highest BCUT2D eigenvalue weighted by Gasteiger charge is 2.21. The van der Waals surface area contributed by atoms with Crippen LogP contribution in [0.4, 0.5) is 0 Å². The largest absolute Gasteiger partial charge is 0.500 e. The molecule has 1 unspecified atom stereocenters. The minimum atomic E-state index is -2.02. The van der Waals surface area contributed by atoms with Crippen LogP contribution in [-0.4, -0.2) is 31.2 Å². The van der Waals surface area contributed by atoms with Crippen LogP contribution in [0.25, 0.3) is 0 Å². The zero-order valence-electron chi connectivity index (χ0n) is 11.2. The Balaban J connectivity index is 4.05. The molecule has 0 saturated heterocycles. The van der Waals surface area contributed by atoms with Crippen LogP contribution in [0.15, 0.2) is 0 Å². The molecule has 0 bridgehead atoms. The van der Waals surface area contributed by atoms with Gasteiger partial charge in [0, 0.05) is 13.8 Å². The van der Waals surface area contributed by atoms with Gasteiger partial charge in [-0.2, -0.15) is 0 Å². The van der Waals surface area contributed by atoms with Crippen molar-refractivity contribution in [2.45, 2.75) is 47.1 Å². The van der Waals surface area contributed by atoms with Crippen LogP contribution in [0.2, 0.25) is 6.04 Å². The van der Waals surface area contributed by atoms with Gasteiger partial charge in [0.25, 0.3) is 11.9 Å². The Morgan fingerprint density at radius 2 is 1.76 bits per heavy atom. The average molecular weight is 278 g/mol. The fraction of sp³-hybridized carbons (Fsp3) is 0.800. The van der Waals surface area contributed by atoms with Crippen molar-refractivity contribution in [1.82, 2.24) is 0 Å². The van der Waals surface area contributed by atoms with E-state index in [4.69, 9.17) is 13.0 Å². The maximum Gasteiger partial charge on any atom is 0.377 e. The summed E-state index contributed by atoms with van der Waals surface area (Å²) in [5.41, 5.74) is 0.178. The molecule has 0 aromatic heterocycles. The summed E-state index contributed by atoms with van der Waals surface area (Å²) in [5, 5.41) is 0. The normalized spacial score (nSPS) is 13.7. The minimum Gasteiger partial charge on any atom is -0.500 e. The fourth-order valence-corrected chi connectivity index (χ4v) is 4.68. The smallest absolute Gasteiger partial charge is 0.377 e. The molecule has 0 heterocycles. The van der Waals surface area contributed by atoms with Gasteiger partial charge < -0.3 is 13.0 Å². The Labute approximate surface area is 107 Å². The quantitative estimate of drug-likeness (QED) is 0.672. The lowest BCUT2D eigenvalue weighted by Gasteiger charge is -2.21. The molecule has 0 aliphatic heterocycles. The molecule has 100 valence electrons. The molecule has 7 heteroatoms.